The number of aromatic nitrogens is 10. The molecule has 0 atom stereocenters. The van der Waals surface area contributed by atoms with Gasteiger partial charge in [-0.15, -0.1) is 0 Å². The van der Waals surface area contributed by atoms with Crippen molar-refractivity contribution in [3.8, 4) is 79.5 Å². The molecule has 0 aliphatic rings. The highest BCUT2D eigenvalue weighted by molar-refractivity contribution is 6.28. The standard InChI is InChI=1S/C98H54N10O/c1-2-21-55(22-3-1)91-101-92(58-44-48-67-62-25-5-4-23-60(62)61-24-6-8-27-64(61)79(67)52-58)103-94(102-91)75-35-19-40-85-88(75)71-31-11-13-33-73(71)97-100-82-54-57(46-50-84(82)107(85)97)56-43-47-69-78(51-56)65-28-9-7-26-63(65)68-49-45-59(53-80(68)69)93-104-95(76-36-20-42-87-89(76)74-34-15-17-41-86(74)109-87)106-96(105-93)77-37-18-38-81-90(77)108-83-39-16-14-30-70(83)66-29-10-12-32-72(66)98(108)99-81/h1-54H. The van der Waals surface area contributed by atoms with Gasteiger partial charge in [0.15, 0.2) is 34.9 Å². The molecule has 0 N–H and O–H groups in total. The van der Waals surface area contributed by atoms with Crippen LogP contribution in [0.15, 0.2) is 332 Å². The van der Waals surface area contributed by atoms with Crippen LogP contribution in [0.1, 0.15) is 0 Å². The summed E-state index contributed by atoms with van der Waals surface area (Å²) in [7, 11) is 0. The zero-order chi connectivity index (χ0) is 71.1. The van der Waals surface area contributed by atoms with Crippen molar-refractivity contribution in [1.29, 1.82) is 0 Å². The lowest BCUT2D eigenvalue weighted by atomic mass is 9.91. The van der Waals surface area contributed by atoms with Crippen molar-refractivity contribution >= 4 is 163 Å². The maximum Gasteiger partial charge on any atom is 0.166 e. The van der Waals surface area contributed by atoms with Gasteiger partial charge < -0.3 is 4.42 Å². The predicted molar refractivity (Wildman–Crippen MR) is 446 cm³/mol. The molecular formula is C98H54N10O. The lowest BCUT2D eigenvalue weighted by Crippen LogP contribution is -2.01. The molecule has 11 heteroatoms. The number of benzene rings is 17. The van der Waals surface area contributed by atoms with Gasteiger partial charge in [0.25, 0.3) is 0 Å². The van der Waals surface area contributed by atoms with Crippen molar-refractivity contribution in [2.24, 2.45) is 0 Å². The number of hydrogen-bond donors (Lipinski definition) is 0. The normalized spacial score (nSPS) is 12.2. The van der Waals surface area contributed by atoms with Crippen LogP contribution in [-0.4, -0.2) is 48.7 Å². The lowest BCUT2D eigenvalue weighted by molar-refractivity contribution is 0.669. The number of pyridine rings is 2. The molecule has 0 radical (unpaired) electrons. The van der Waals surface area contributed by atoms with Gasteiger partial charge in [-0.1, -0.05) is 261 Å². The van der Waals surface area contributed by atoms with Crippen LogP contribution >= 0.6 is 0 Å². The summed E-state index contributed by atoms with van der Waals surface area (Å²) in [6.07, 6.45) is 0. The molecule has 11 nitrogen and oxygen atoms in total. The Balaban J connectivity index is 0.662. The largest absolute Gasteiger partial charge is 0.456 e. The van der Waals surface area contributed by atoms with Crippen LogP contribution in [0.2, 0.25) is 0 Å². The second kappa shape index (κ2) is 22.8. The van der Waals surface area contributed by atoms with Gasteiger partial charge in [0.2, 0.25) is 0 Å². The summed E-state index contributed by atoms with van der Waals surface area (Å²) in [5.41, 5.74) is 16.4. The van der Waals surface area contributed by atoms with E-state index in [1.807, 2.05) is 48.5 Å². The maximum absolute atomic E-state index is 6.51. The van der Waals surface area contributed by atoms with E-state index in [0.717, 1.165) is 181 Å². The first-order valence-corrected chi connectivity index (χ1v) is 36.7. The van der Waals surface area contributed by atoms with E-state index < -0.39 is 0 Å². The highest BCUT2D eigenvalue weighted by atomic mass is 16.3. The summed E-state index contributed by atoms with van der Waals surface area (Å²) in [4.78, 5) is 43.6. The van der Waals surface area contributed by atoms with E-state index in [1.165, 1.54) is 26.9 Å². The fourth-order valence-corrected chi connectivity index (χ4v) is 17.7. The number of furan rings is 1. The van der Waals surface area contributed by atoms with Gasteiger partial charge in [-0.05, 0) is 153 Å². The molecule has 0 aliphatic carbocycles. The first-order valence-electron chi connectivity index (χ1n) is 36.7. The molecule has 24 rings (SSSR count). The number of rotatable bonds is 7. The van der Waals surface area contributed by atoms with Gasteiger partial charge in [-0.3, -0.25) is 8.80 Å². The van der Waals surface area contributed by atoms with Crippen LogP contribution in [0.25, 0.3) is 243 Å². The summed E-state index contributed by atoms with van der Waals surface area (Å²) in [6.45, 7) is 0. The van der Waals surface area contributed by atoms with Crippen molar-refractivity contribution in [3.05, 3.63) is 328 Å². The van der Waals surface area contributed by atoms with Crippen LogP contribution in [0.3, 0.4) is 0 Å². The van der Waals surface area contributed by atoms with Crippen LogP contribution < -0.4 is 0 Å². The van der Waals surface area contributed by atoms with E-state index in [9.17, 15) is 0 Å². The van der Waals surface area contributed by atoms with Crippen molar-refractivity contribution in [1.82, 2.24) is 48.7 Å². The Hall–Kier alpha value is -14.9. The van der Waals surface area contributed by atoms with Gasteiger partial charge in [-0.25, -0.2) is 39.9 Å². The molecular weight excluding hydrogens is 1330 g/mol. The summed E-state index contributed by atoms with van der Waals surface area (Å²) in [5, 5.41) is 22.4. The molecule has 0 bridgehead atoms. The molecule has 17 aromatic carbocycles. The van der Waals surface area contributed by atoms with Crippen molar-refractivity contribution < 1.29 is 4.42 Å². The Morgan fingerprint density at radius 3 is 1.24 bits per heavy atom. The molecule has 502 valence electrons. The molecule has 0 aliphatic heterocycles. The molecule has 0 amide bonds. The molecule has 0 fully saturated rings. The Labute approximate surface area is 619 Å². The number of nitrogens with zero attached hydrogens (tertiary/aromatic N) is 10. The van der Waals surface area contributed by atoms with E-state index in [-0.39, 0.29) is 0 Å². The molecule has 109 heavy (non-hydrogen) atoms. The minimum absolute atomic E-state index is 0.531. The second-order valence-corrected chi connectivity index (χ2v) is 28.4. The maximum atomic E-state index is 6.51. The van der Waals surface area contributed by atoms with Gasteiger partial charge in [0, 0.05) is 65.7 Å². The van der Waals surface area contributed by atoms with Gasteiger partial charge in [0.1, 0.15) is 22.5 Å². The Bertz CT molecular complexity index is 8100. The Morgan fingerprint density at radius 1 is 0.193 bits per heavy atom. The van der Waals surface area contributed by atoms with E-state index >= 15 is 0 Å². The SMILES string of the molecule is c1ccc(-c2nc(-c3ccc4c5ccccc5c5ccccc5c4c3)nc(-c3cccc4c3c3ccccc3c3nc5cc(-c6ccc7c(c6)c6ccccc6c6ccc(-c8nc(-c9cccc%10oc%11ccccc%11c9%10)nc(-c9cccc%10nc%11c%12ccccc%12c%12ccccc%12n%11c9%10)n8)cc67)ccc5n43)n2)cc1. The summed E-state index contributed by atoms with van der Waals surface area (Å²) in [5.74, 6) is 3.39. The molecule has 7 aromatic heterocycles. The summed E-state index contributed by atoms with van der Waals surface area (Å²) >= 11 is 0. The predicted octanol–water partition coefficient (Wildman–Crippen LogP) is 24.8. The monoisotopic (exact) mass is 1390 g/mol. The highest BCUT2D eigenvalue weighted by Gasteiger charge is 2.26. The summed E-state index contributed by atoms with van der Waals surface area (Å²) < 4.78 is 11.1. The van der Waals surface area contributed by atoms with Crippen LogP contribution in [-0.2, 0) is 0 Å². The third kappa shape index (κ3) is 8.80. The number of fused-ring (bicyclic) bond motifs is 31. The molecule has 24 aromatic rings. The third-order valence-corrected chi connectivity index (χ3v) is 22.5. The smallest absolute Gasteiger partial charge is 0.166 e. The Morgan fingerprint density at radius 2 is 0.587 bits per heavy atom. The van der Waals surface area contributed by atoms with Gasteiger partial charge in [-0.2, -0.15) is 0 Å². The molecule has 7 heterocycles. The van der Waals surface area contributed by atoms with Crippen LogP contribution in [0.4, 0.5) is 0 Å². The molecule has 0 saturated carbocycles. The molecule has 0 spiro atoms. The van der Waals surface area contributed by atoms with E-state index in [2.05, 4.69) is 288 Å². The fourth-order valence-electron chi connectivity index (χ4n) is 17.7. The zero-order valence-corrected chi connectivity index (χ0v) is 58.1. The van der Waals surface area contributed by atoms with E-state index in [4.69, 9.17) is 44.3 Å². The van der Waals surface area contributed by atoms with Crippen molar-refractivity contribution in [2.75, 3.05) is 0 Å². The fraction of sp³-hybridized carbons (Fsp3) is 0. The van der Waals surface area contributed by atoms with Crippen molar-refractivity contribution in [2.45, 2.75) is 0 Å². The minimum atomic E-state index is 0.531. The average molecular weight is 1390 g/mol. The zero-order valence-electron chi connectivity index (χ0n) is 58.1. The van der Waals surface area contributed by atoms with Crippen LogP contribution in [0.5, 0.6) is 0 Å². The Kier molecular flexibility index (Phi) is 12.4. The number of hydrogen-bond acceptors (Lipinski definition) is 9. The van der Waals surface area contributed by atoms with E-state index in [0.29, 0.717) is 34.9 Å². The minimum Gasteiger partial charge on any atom is -0.456 e. The third-order valence-electron chi connectivity index (χ3n) is 22.5. The summed E-state index contributed by atoms with van der Waals surface area (Å²) in [6, 6.07) is 116. The second-order valence-electron chi connectivity index (χ2n) is 28.4. The lowest BCUT2D eigenvalue weighted by Gasteiger charge is -2.15. The number of imidazole rings is 2. The first-order chi connectivity index (χ1) is 54.0. The van der Waals surface area contributed by atoms with E-state index in [1.54, 1.807) is 0 Å². The topological polar surface area (TPSA) is 125 Å². The molecule has 0 saturated heterocycles. The first kappa shape index (κ1) is 59.4. The average Bonchev–Trinajstić information content (AvgIpc) is 1.71. The quantitative estimate of drug-likeness (QED) is 0.143. The van der Waals surface area contributed by atoms with Gasteiger partial charge >= 0.3 is 0 Å². The number of para-hydroxylation sites is 3. The van der Waals surface area contributed by atoms with Crippen LogP contribution in [0, 0.1) is 0 Å². The van der Waals surface area contributed by atoms with Gasteiger partial charge in [0.05, 0.1) is 33.1 Å². The molecule has 0 unspecified atom stereocenters. The highest BCUT2D eigenvalue weighted by Crippen LogP contribution is 2.46. The van der Waals surface area contributed by atoms with Crippen molar-refractivity contribution in [3.63, 3.8) is 0 Å².